The summed E-state index contributed by atoms with van der Waals surface area (Å²) < 4.78 is 2.78. The molecule has 1 saturated heterocycles. The first-order chi connectivity index (χ1) is 14.9. The van der Waals surface area contributed by atoms with E-state index in [2.05, 4.69) is 26.3 Å². The number of rotatable bonds is 4. The third kappa shape index (κ3) is 4.56. The second-order valence-corrected chi connectivity index (χ2v) is 8.80. The maximum Gasteiger partial charge on any atom is 0.257 e. The Morgan fingerprint density at radius 1 is 1.00 bits per heavy atom. The standard InChI is InChI=1S/C24H25BrN4O2/c1-16-5-3-4-6-21(16)23(30)27-19-11-13-28(14-12-19)24(31)22-15-26-29(17(22)2)20-9-7-18(25)8-10-20/h3-10,15,19H,11-14H2,1-2H3,(H,27,30). The van der Waals surface area contributed by atoms with Gasteiger partial charge in [0, 0.05) is 29.2 Å². The molecule has 1 fully saturated rings. The van der Waals surface area contributed by atoms with E-state index in [1.165, 1.54) is 0 Å². The highest BCUT2D eigenvalue weighted by Gasteiger charge is 2.27. The summed E-state index contributed by atoms with van der Waals surface area (Å²) in [4.78, 5) is 27.5. The van der Waals surface area contributed by atoms with Gasteiger partial charge in [0.2, 0.25) is 0 Å². The average Bonchev–Trinajstić information content (AvgIpc) is 3.16. The van der Waals surface area contributed by atoms with Gasteiger partial charge in [-0.3, -0.25) is 9.59 Å². The van der Waals surface area contributed by atoms with E-state index in [0.717, 1.165) is 34.3 Å². The lowest BCUT2D eigenvalue weighted by Gasteiger charge is -2.32. The molecule has 4 rings (SSSR count). The molecule has 0 spiro atoms. The molecule has 0 radical (unpaired) electrons. The fourth-order valence-corrected chi connectivity index (χ4v) is 4.21. The predicted molar refractivity (Wildman–Crippen MR) is 124 cm³/mol. The largest absolute Gasteiger partial charge is 0.349 e. The number of aryl methyl sites for hydroxylation is 1. The first-order valence-corrected chi connectivity index (χ1v) is 11.2. The lowest BCUT2D eigenvalue weighted by Crippen LogP contribution is -2.46. The maximum atomic E-state index is 13.1. The number of benzene rings is 2. The number of hydrogen-bond donors (Lipinski definition) is 1. The lowest BCUT2D eigenvalue weighted by atomic mass is 10.0. The van der Waals surface area contributed by atoms with Crippen molar-refractivity contribution in [2.24, 2.45) is 0 Å². The molecule has 0 aliphatic carbocycles. The summed E-state index contributed by atoms with van der Waals surface area (Å²) in [6, 6.07) is 15.5. The van der Waals surface area contributed by atoms with E-state index in [-0.39, 0.29) is 17.9 Å². The van der Waals surface area contributed by atoms with Crippen LogP contribution in [0.15, 0.2) is 59.2 Å². The van der Waals surface area contributed by atoms with Crippen molar-refractivity contribution < 1.29 is 9.59 Å². The number of hydrogen-bond acceptors (Lipinski definition) is 3. The van der Waals surface area contributed by atoms with Gasteiger partial charge in [-0.25, -0.2) is 4.68 Å². The van der Waals surface area contributed by atoms with Crippen LogP contribution in [0, 0.1) is 13.8 Å². The summed E-state index contributed by atoms with van der Waals surface area (Å²) in [7, 11) is 0. The highest BCUT2D eigenvalue weighted by atomic mass is 79.9. The quantitative estimate of drug-likeness (QED) is 0.605. The van der Waals surface area contributed by atoms with Gasteiger partial charge in [0.25, 0.3) is 11.8 Å². The third-order valence-corrected chi connectivity index (χ3v) is 6.35. The summed E-state index contributed by atoms with van der Waals surface area (Å²) in [5.74, 6) is -0.0564. The van der Waals surface area contributed by atoms with Crippen LogP contribution in [0.1, 0.15) is 44.8 Å². The summed E-state index contributed by atoms with van der Waals surface area (Å²) in [6.45, 7) is 5.07. The zero-order valence-electron chi connectivity index (χ0n) is 17.6. The van der Waals surface area contributed by atoms with E-state index in [1.54, 1.807) is 10.9 Å². The van der Waals surface area contributed by atoms with Gasteiger partial charge in [0.05, 0.1) is 23.1 Å². The van der Waals surface area contributed by atoms with Gasteiger partial charge >= 0.3 is 0 Å². The van der Waals surface area contributed by atoms with Gasteiger partial charge in [-0.2, -0.15) is 5.10 Å². The van der Waals surface area contributed by atoms with Crippen LogP contribution >= 0.6 is 15.9 Å². The third-order valence-electron chi connectivity index (χ3n) is 5.82. The fourth-order valence-electron chi connectivity index (χ4n) is 3.95. The van der Waals surface area contributed by atoms with Gasteiger partial charge in [-0.1, -0.05) is 34.1 Å². The van der Waals surface area contributed by atoms with Crippen molar-refractivity contribution in [3.63, 3.8) is 0 Å². The van der Waals surface area contributed by atoms with Crippen molar-refractivity contribution in [1.29, 1.82) is 0 Å². The number of aromatic nitrogens is 2. The fraction of sp³-hybridized carbons (Fsp3) is 0.292. The smallest absolute Gasteiger partial charge is 0.257 e. The lowest BCUT2D eigenvalue weighted by molar-refractivity contribution is 0.0697. The molecule has 1 N–H and O–H groups in total. The Labute approximate surface area is 190 Å². The molecule has 3 aromatic rings. The molecule has 31 heavy (non-hydrogen) atoms. The molecular weight excluding hydrogens is 456 g/mol. The van der Waals surface area contributed by atoms with E-state index in [1.807, 2.05) is 67.3 Å². The summed E-state index contributed by atoms with van der Waals surface area (Å²) >= 11 is 3.44. The van der Waals surface area contributed by atoms with E-state index >= 15 is 0 Å². The Morgan fingerprint density at radius 3 is 2.35 bits per heavy atom. The second kappa shape index (κ2) is 9.06. The van der Waals surface area contributed by atoms with Crippen molar-refractivity contribution in [3.05, 3.63) is 81.6 Å². The van der Waals surface area contributed by atoms with Gasteiger partial charge in [-0.15, -0.1) is 0 Å². The first-order valence-electron chi connectivity index (χ1n) is 10.4. The van der Waals surface area contributed by atoms with Crippen LogP contribution in [0.5, 0.6) is 0 Å². The minimum atomic E-state index is -0.0468. The van der Waals surface area contributed by atoms with Crippen molar-refractivity contribution >= 4 is 27.7 Å². The molecule has 2 heterocycles. The molecule has 1 aliphatic heterocycles. The van der Waals surface area contributed by atoms with Crippen LogP contribution in [0.4, 0.5) is 0 Å². The molecule has 6 nitrogen and oxygen atoms in total. The Balaban J connectivity index is 1.38. The number of likely N-dealkylation sites (tertiary alicyclic amines) is 1. The Hall–Kier alpha value is -2.93. The molecule has 160 valence electrons. The van der Waals surface area contributed by atoms with Crippen LogP contribution in [0.3, 0.4) is 0 Å². The molecular formula is C24H25BrN4O2. The van der Waals surface area contributed by atoms with E-state index in [0.29, 0.717) is 24.2 Å². The Morgan fingerprint density at radius 2 is 1.68 bits per heavy atom. The number of amides is 2. The van der Waals surface area contributed by atoms with Gasteiger partial charge < -0.3 is 10.2 Å². The Bertz CT molecular complexity index is 1100. The minimum absolute atomic E-state index is 0.00968. The number of carbonyl (C=O) groups excluding carboxylic acids is 2. The Kier molecular flexibility index (Phi) is 6.23. The SMILES string of the molecule is Cc1ccccc1C(=O)NC1CCN(C(=O)c2cnn(-c3ccc(Br)cc3)c2C)CC1. The molecule has 1 aliphatic rings. The minimum Gasteiger partial charge on any atom is -0.349 e. The zero-order chi connectivity index (χ0) is 22.0. The van der Waals surface area contributed by atoms with Crippen LogP contribution < -0.4 is 5.32 Å². The zero-order valence-corrected chi connectivity index (χ0v) is 19.2. The molecule has 2 aromatic carbocycles. The predicted octanol–water partition coefficient (Wildman–Crippen LogP) is 4.29. The number of piperidine rings is 1. The highest BCUT2D eigenvalue weighted by Crippen LogP contribution is 2.20. The monoisotopic (exact) mass is 480 g/mol. The van der Waals surface area contributed by atoms with Crippen molar-refractivity contribution in [1.82, 2.24) is 20.0 Å². The second-order valence-electron chi connectivity index (χ2n) is 7.89. The molecule has 0 bridgehead atoms. The van der Waals surface area contributed by atoms with Gasteiger partial charge in [0.15, 0.2) is 0 Å². The number of halogens is 1. The normalized spacial score (nSPS) is 14.5. The summed E-state index contributed by atoms with van der Waals surface area (Å²) in [5.41, 5.74) is 4.02. The van der Waals surface area contributed by atoms with E-state index in [4.69, 9.17) is 0 Å². The highest BCUT2D eigenvalue weighted by molar-refractivity contribution is 9.10. The van der Waals surface area contributed by atoms with E-state index in [9.17, 15) is 9.59 Å². The molecule has 0 unspecified atom stereocenters. The first kappa shape index (κ1) is 21.3. The van der Waals surface area contributed by atoms with E-state index < -0.39 is 0 Å². The van der Waals surface area contributed by atoms with Crippen LogP contribution in [0.2, 0.25) is 0 Å². The average molecular weight is 481 g/mol. The summed E-state index contributed by atoms with van der Waals surface area (Å²) in [5, 5.41) is 7.54. The van der Waals surface area contributed by atoms with Crippen LogP contribution in [-0.4, -0.2) is 45.6 Å². The van der Waals surface area contributed by atoms with Crippen molar-refractivity contribution in [2.75, 3.05) is 13.1 Å². The molecule has 2 amide bonds. The number of carbonyl (C=O) groups is 2. The van der Waals surface area contributed by atoms with Crippen molar-refractivity contribution in [3.8, 4) is 5.69 Å². The van der Waals surface area contributed by atoms with Crippen molar-refractivity contribution in [2.45, 2.75) is 32.7 Å². The maximum absolute atomic E-state index is 13.1. The number of nitrogens with one attached hydrogen (secondary N) is 1. The van der Waals surface area contributed by atoms with Gasteiger partial charge in [-0.05, 0) is 62.6 Å². The molecule has 0 atom stereocenters. The topological polar surface area (TPSA) is 67.2 Å². The number of nitrogens with zero attached hydrogens (tertiary/aromatic N) is 3. The molecule has 0 saturated carbocycles. The van der Waals surface area contributed by atoms with Gasteiger partial charge in [0.1, 0.15) is 0 Å². The molecule has 7 heteroatoms. The summed E-state index contributed by atoms with van der Waals surface area (Å²) in [6.07, 6.45) is 3.12. The van der Waals surface area contributed by atoms with Crippen LogP contribution in [-0.2, 0) is 0 Å². The molecule has 1 aromatic heterocycles. The van der Waals surface area contributed by atoms with Crippen LogP contribution in [0.25, 0.3) is 5.69 Å².